The first-order valence-corrected chi connectivity index (χ1v) is 28.4. The van der Waals surface area contributed by atoms with Gasteiger partial charge in [-0.05, 0) is 93.3 Å². The molecule has 0 aliphatic carbocycles. The highest BCUT2D eigenvalue weighted by atomic mass is 35.5. The number of likely N-dealkylation sites (tertiary alicyclic amines) is 3. The molecule has 22 nitrogen and oxygen atoms in total. The molecule has 3 N–H and O–H groups in total. The minimum Gasteiger partial charge on any atom is -0.444 e. The van der Waals surface area contributed by atoms with Gasteiger partial charge in [0.2, 0.25) is 0 Å². The Morgan fingerprint density at radius 1 is 0.593 bits per heavy atom. The van der Waals surface area contributed by atoms with E-state index in [0.29, 0.717) is 120 Å². The first kappa shape index (κ1) is 54.5. The lowest BCUT2D eigenvalue weighted by molar-refractivity contribution is -0.124. The van der Waals surface area contributed by atoms with E-state index in [2.05, 4.69) is 25.9 Å². The molecule has 6 aromatic heterocycles. The molecule has 0 radical (unpaired) electrons. The maximum atomic E-state index is 15.3. The Labute approximate surface area is 495 Å². The van der Waals surface area contributed by atoms with E-state index in [1.165, 1.54) is 24.3 Å². The number of nitrogens with zero attached hydrogens (tertiary/aromatic N) is 11. The van der Waals surface area contributed by atoms with Crippen LogP contribution in [0.5, 0.6) is 0 Å². The summed E-state index contributed by atoms with van der Waals surface area (Å²) in [4.78, 5) is 110. The summed E-state index contributed by atoms with van der Waals surface area (Å²) in [6.45, 7) is 9.94. The zero-order chi connectivity index (χ0) is 58.5. The average Bonchev–Trinajstić information content (AvgIpc) is 1.63. The van der Waals surface area contributed by atoms with Gasteiger partial charge in [-0.3, -0.25) is 38.6 Å². The molecule has 0 spiro atoms. The lowest BCUT2D eigenvalue weighted by atomic mass is 9.98. The van der Waals surface area contributed by atoms with Crippen molar-refractivity contribution in [1.29, 1.82) is 0 Å². The highest BCUT2D eigenvalue weighted by molar-refractivity contribution is 6.50. The summed E-state index contributed by atoms with van der Waals surface area (Å²) >= 11 is 0. The van der Waals surface area contributed by atoms with Crippen LogP contribution in [0.15, 0.2) is 97.8 Å². The van der Waals surface area contributed by atoms with Gasteiger partial charge in [-0.1, -0.05) is 12.1 Å². The number of carbonyl (C=O) groups is 7. The predicted octanol–water partition coefficient (Wildman–Crippen LogP) is 6.02. The molecule has 8 aromatic rings. The minimum absolute atomic E-state index is 0. The number of halogens is 3. The molecule has 8 aliphatic rings. The number of pyridine rings is 2. The molecule has 14 heterocycles. The van der Waals surface area contributed by atoms with E-state index in [1.54, 1.807) is 66.7 Å². The molecule has 0 saturated carbocycles. The SMILES string of the molecule is CC(C)(C)OC(=O)N1CC2CC1CN2C(=O)N1CCn2cc(C3=C(c4cnc5ccccn45)C(=O)NC3=O)c3cc(F)cc(c32)C1.Cl.O=C1NC(=O)C(c2cnc3ccccn23)=C1c1cn2c3c(cc(F)cc13)CN(C(=O)N1CC3CC1CN3)CC2. The summed E-state index contributed by atoms with van der Waals surface area (Å²) in [7, 11) is 0. The van der Waals surface area contributed by atoms with Crippen molar-refractivity contribution < 1.29 is 47.1 Å². The van der Waals surface area contributed by atoms with E-state index >= 15 is 8.78 Å². The van der Waals surface area contributed by atoms with Gasteiger partial charge >= 0.3 is 18.2 Å². The van der Waals surface area contributed by atoms with Gasteiger partial charge in [0.1, 0.15) is 28.5 Å². The largest absolute Gasteiger partial charge is 0.444 e. The maximum Gasteiger partial charge on any atom is 0.410 e. The first-order chi connectivity index (χ1) is 40.9. The third-order valence-electron chi connectivity index (χ3n) is 17.7. The molecule has 9 amide bonds. The molecule has 25 heteroatoms. The number of rotatable bonds is 4. The number of hydrogen-bond acceptors (Lipinski definition) is 11. The van der Waals surface area contributed by atoms with Crippen LogP contribution in [0.25, 0.3) is 55.4 Å². The minimum atomic E-state index is -0.601. The summed E-state index contributed by atoms with van der Waals surface area (Å²) in [5.41, 5.74) is 6.02. The molecule has 4 fully saturated rings. The van der Waals surface area contributed by atoms with Gasteiger partial charge in [0.25, 0.3) is 23.6 Å². The van der Waals surface area contributed by atoms with E-state index in [0.717, 1.165) is 18.5 Å². The van der Waals surface area contributed by atoms with Crippen LogP contribution < -0.4 is 16.0 Å². The molecule has 4 saturated heterocycles. The first-order valence-electron chi connectivity index (χ1n) is 28.4. The molecule has 86 heavy (non-hydrogen) atoms. The van der Waals surface area contributed by atoms with Crippen molar-refractivity contribution in [3.63, 3.8) is 0 Å². The zero-order valence-electron chi connectivity index (χ0n) is 46.9. The Kier molecular flexibility index (Phi) is 12.7. The summed E-state index contributed by atoms with van der Waals surface area (Å²) in [6, 6.07) is 16.7. The van der Waals surface area contributed by atoms with Crippen molar-refractivity contribution in [2.75, 3.05) is 39.3 Å². The quantitative estimate of drug-likeness (QED) is 0.173. The monoisotopic (exact) mass is 1190 g/mol. The van der Waals surface area contributed by atoms with E-state index in [4.69, 9.17) is 4.74 Å². The summed E-state index contributed by atoms with van der Waals surface area (Å²) < 4.78 is 43.3. The van der Waals surface area contributed by atoms with Crippen molar-refractivity contribution in [2.45, 2.75) is 89.6 Å². The van der Waals surface area contributed by atoms with Crippen LogP contribution in [0.3, 0.4) is 0 Å². The molecular formula is C61H57ClF2N14O8. The average molecular weight is 1190 g/mol. The third-order valence-corrected chi connectivity index (χ3v) is 17.7. The number of nitrogens with one attached hydrogen (secondary N) is 3. The number of carbonyl (C=O) groups excluding carboxylic acids is 7. The number of imidazole rings is 2. The smallest absolute Gasteiger partial charge is 0.410 e. The summed E-state index contributed by atoms with van der Waals surface area (Å²) in [5, 5.41) is 9.29. The maximum absolute atomic E-state index is 15.3. The normalized spacial score (nSPS) is 21.5. The van der Waals surface area contributed by atoms with Gasteiger partial charge in [0.15, 0.2) is 0 Å². The molecule has 4 bridgehead atoms. The lowest BCUT2D eigenvalue weighted by Gasteiger charge is -2.37. The molecule has 8 aliphatic heterocycles. The third kappa shape index (κ3) is 8.77. The lowest BCUT2D eigenvalue weighted by Crippen LogP contribution is -2.54. The fourth-order valence-electron chi connectivity index (χ4n) is 14.1. The van der Waals surface area contributed by atoms with E-state index in [1.807, 2.05) is 70.0 Å². The van der Waals surface area contributed by atoms with Crippen LogP contribution in [0, 0.1) is 11.6 Å². The molecule has 4 atom stereocenters. The number of amides is 9. The Hall–Kier alpha value is -9.42. The molecule has 16 rings (SSSR count). The van der Waals surface area contributed by atoms with Gasteiger partial charge in [-0.25, -0.2) is 33.1 Å². The van der Waals surface area contributed by atoms with Crippen molar-refractivity contribution >= 4 is 110 Å². The van der Waals surface area contributed by atoms with Gasteiger partial charge in [0.05, 0.1) is 69.2 Å². The van der Waals surface area contributed by atoms with Crippen LogP contribution in [0.4, 0.5) is 23.2 Å². The van der Waals surface area contributed by atoms with E-state index in [-0.39, 0.29) is 84.1 Å². The topological polar surface area (TPSA) is 225 Å². The summed E-state index contributed by atoms with van der Waals surface area (Å²) in [5.74, 6) is -3.12. The number of aromatic nitrogens is 6. The van der Waals surface area contributed by atoms with E-state index < -0.39 is 40.9 Å². The number of ether oxygens (including phenoxy) is 1. The van der Waals surface area contributed by atoms with Crippen molar-refractivity contribution in [2.24, 2.45) is 0 Å². The van der Waals surface area contributed by atoms with Crippen LogP contribution >= 0.6 is 12.4 Å². The highest BCUT2D eigenvalue weighted by Gasteiger charge is 2.50. The number of imide groups is 2. The fourth-order valence-corrected chi connectivity index (χ4v) is 14.1. The van der Waals surface area contributed by atoms with Gasteiger partial charge in [-0.2, -0.15) is 0 Å². The van der Waals surface area contributed by atoms with Crippen LogP contribution in [-0.2, 0) is 50.1 Å². The van der Waals surface area contributed by atoms with Crippen LogP contribution in [0.2, 0.25) is 0 Å². The van der Waals surface area contributed by atoms with Crippen molar-refractivity contribution in [3.8, 4) is 0 Å². The number of hydrogen-bond donors (Lipinski definition) is 3. The Bertz CT molecular complexity index is 4380. The van der Waals surface area contributed by atoms with Gasteiger partial charge in [-0.15, -0.1) is 12.4 Å². The molecule has 2 aromatic carbocycles. The zero-order valence-corrected chi connectivity index (χ0v) is 47.7. The second-order valence-corrected chi connectivity index (χ2v) is 24.0. The van der Waals surface area contributed by atoms with Crippen molar-refractivity contribution in [1.82, 2.24) is 68.4 Å². The van der Waals surface area contributed by atoms with E-state index in [9.17, 15) is 33.6 Å². The van der Waals surface area contributed by atoms with Crippen molar-refractivity contribution in [3.05, 3.63) is 143 Å². The summed E-state index contributed by atoms with van der Waals surface area (Å²) in [6.07, 6.45) is 11.6. The number of urea groups is 2. The Morgan fingerprint density at radius 3 is 1.52 bits per heavy atom. The number of fused-ring (bicyclic) bond motifs is 6. The molecule has 4 unspecified atom stereocenters. The fraction of sp³-hybridized carbons (Fsp3) is 0.328. The predicted molar refractivity (Wildman–Crippen MR) is 312 cm³/mol. The number of piperazine rings is 2. The molecule has 440 valence electrons. The van der Waals surface area contributed by atoms with Crippen LogP contribution in [-0.4, -0.2) is 163 Å². The van der Waals surface area contributed by atoms with Crippen LogP contribution in [0.1, 0.15) is 67.3 Å². The Balaban J connectivity index is 0.000000152. The second kappa shape index (κ2) is 20.1. The Morgan fingerprint density at radius 2 is 1.07 bits per heavy atom. The highest BCUT2D eigenvalue weighted by Crippen LogP contribution is 2.42. The standard InChI is InChI=1S/C33H32FN7O5.C28H24FN7O3.ClH/c1-33(2,3)46-32(45)41-16-20-12-21(41)15-40(20)31(44)38-9-8-37-17-23(22-11-19(34)10-18(14-38)28(22)37)26-27(30(43)36-29(26)42)24-13-35-25-6-4-5-7-39(24)25;29-16-7-15-12-34(28(39)36-13-17-9-18(36)10-30-17)6-5-33-14-20(19(8-16)25(15)33)23-24(27(38)32-26(23)37)21-11-31-22-3-1-2-4-35(21)22;/h4-7,10-11,13,17,20-21H,8-9,12,14-16H2,1-3H3,(H,36,42,43);1-4,7-8,11,14,17-18,30H,5-6,9-10,12-13H2,(H,32,37,38);1H. The second-order valence-electron chi connectivity index (χ2n) is 24.0. The number of benzene rings is 2. The van der Waals surface area contributed by atoms with Gasteiger partial charge < -0.3 is 43.7 Å². The molecular weight excluding hydrogens is 1130 g/mol. The van der Waals surface area contributed by atoms with Gasteiger partial charge in [0, 0.05) is 124 Å².